The maximum Gasteiger partial charge on any atom is 0.338 e. The molecule has 2 heterocycles. The van der Waals surface area contributed by atoms with Gasteiger partial charge in [0.1, 0.15) is 0 Å². The van der Waals surface area contributed by atoms with E-state index in [9.17, 15) is 19.7 Å². The second-order valence-corrected chi connectivity index (χ2v) is 8.65. The molecule has 8 nitrogen and oxygen atoms in total. The number of nitrogens with zero attached hydrogens (tertiary/aromatic N) is 3. The molecule has 4 rings (SSSR count). The summed E-state index contributed by atoms with van der Waals surface area (Å²) in [5.41, 5.74) is 1.49. The molecule has 0 amide bonds. The van der Waals surface area contributed by atoms with Crippen molar-refractivity contribution in [2.45, 2.75) is 19.9 Å². The molecule has 0 saturated heterocycles. The van der Waals surface area contributed by atoms with E-state index in [2.05, 4.69) is 4.99 Å². The number of hydrogen-bond donors (Lipinski definition) is 0. The smallest absolute Gasteiger partial charge is 0.338 e. The number of aromatic nitrogens is 1. The quantitative estimate of drug-likeness (QED) is 0.314. The van der Waals surface area contributed by atoms with Gasteiger partial charge in [-0.25, -0.2) is 9.79 Å². The van der Waals surface area contributed by atoms with E-state index >= 15 is 0 Å². The van der Waals surface area contributed by atoms with Crippen LogP contribution in [0.1, 0.15) is 31.0 Å². The van der Waals surface area contributed by atoms with Gasteiger partial charge in [-0.2, -0.15) is 0 Å². The lowest BCUT2D eigenvalue weighted by Gasteiger charge is -2.24. The predicted octanol–water partition coefficient (Wildman–Crippen LogP) is 3.36. The highest BCUT2D eigenvalue weighted by Gasteiger charge is 2.33. The Balaban J connectivity index is 1.94. The van der Waals surface area contributed by atoms with E-state index in [1.165, 1.54) is 16.7 Å². The number of non-ortho nitro benzene ring substituents is 1. The number of hydrogen-bond acceptors (Lipinski definition) is 7. The molecule has 33 heavy (non-hydrogen) atoms. The molecule has 10 heteroatoms. The fourth-order valence-electron chi connectivity index (χ4n) is 3.63. The molecular weight excluding hydrogens is 466 g/mol. The van der Waals surface area contributed by atoms with Crippen molar-refractivity contribution in [3.8, 4) is 0 Å². The van der Waals surface area contributed by atoms with E-state index in [-0.39, 0.29) is 23.4 Å². The highest BCUT2D eigenvalue weighted by atomic mass is 35.5. The maximum atomic E-state index is 13.5. The van der Waals surface area contributed by atoms with Crippen LogP contribution in [0, 0.1) is 10.1 Å². The van der Waals surface area contributed by atoms with E-state index in [1.54, 1.807) is 56.3 Å². The first-order valence-corrected chi connectivity index (χ1v) is 11.2. The van der Waals surface area contributed by atoms with Crippen molar-refractivity contribution < 1.29 is 14.5 Å². The lowest BCUT2D eigenvalue weighted by Crippen LogP contribution is -2.39. The van der Waals surface area contributed by atoms with Crippen molar-refractivity contribution in [1.29, 1.82) is 0 Å². The molecule has 3 aromatic rings. The van der Waals surface area contributed by atoms with Crippen molar-refractivity contribution in [2.75, 3.05) is 6.61 Å². The van der Waals surface area contributed by atoms with Crippen LogP contribution in [0.5, 0.6) is 0 Å². The monoisotopic (exact) mass is 483 g/mol. The Hall–Kier alpha value is -3.56. The van der Waals surface area contributed by atoms with Crippen molar-refractivity contribution in [3.63, 3.8) is 0 Å². The van der Waals surface area contributed by atoms with E-state index in [4.69, 9.17) is 16.3 Å². The Morgan fingerprint density at radius 3 is 2.70 bits per heavy atom. The summed E-state index contributed by atoms with van der Waals surface area (Å²) in [6.45, 7) is 3.59. The lowest BCUT2D eigenvalue weighted by atomic mass is 9.96. The zero-order valence-electron chi connectivity index (χ0n) is 17.6. The standard InChI is InChI=1S/C23H18ClN3O5S/c1-3-32-22(29)19-13(2)25-23-26(20(19)15-7-9-16(24)10-8-15)21(28)18(33-23)12-14-5-4-6-17(11-14)27(30)31/h4-12,20H,3H2,1-2H3/b18-12+/t20-/m1/s1. The van der Waals surface area contributed by atoms with Gasteiger partial charge in [-0.1, -0.05) is 47.2 Å². The average molecular weight is 484 g/mol. The third-order valence-corrected chi connectivity index (χ3v) is 6.32. The topological polar surface area (TPSA) is 104 Å². The first kappa shape index (κ1) is 22.6. The zero-order valence-corrected chi connectivity index (χ0v) is 19.2. The Labute approximate surface area is 196 Å². The van der Waals surface area contributed by atoms with Gasteiger partial charge in [0.15, 0.2) is 4.80 Å². The molecule has 0 bridgehead atoms. The molecule has 0 radical (unpaired) electrons. The number of thiazole rings is 1. The molecule has 0 unspecified atom stereocenters. The third-order valence-electron chi connectivity index (χ3n) is 5.08. The number of ether oxygens (including phenoxy) is 1. The third kappa shape index (κ3) is 4.37. The van der Waals surface area contributed by atoms with Crippen LogP contribution in [-0.2, 0) is 9.53 Å². The van der Waals surface area contributed by atoms with Crippen LogP contribution >= 0.6 is 22.9 Å². The summed E-state index contributed by atoms with van der Waals surface area (Å²) >= 11 is 7.20. The first-order valence-electron chi connectivity index (χ1n) is 9.99. The molecule has 0 N–H and O–H groups in total. The number of nitro benzene ring substituents is 1. The van der Waals surface area contributed by atoms with Crippen LogP contribution in [0.25, 0.3) is 6.08 Å². The van der Waals surface area contributed by atoms with Gasteiger partial charge in [0, 0.05) is 17.2 Å². The van der Waals surface area contributed by atoms with Crippen LogP contribution in [0.15, 0.2) is 69.6 Å². The van der Waals surface area contributed by atoms with Gasteiger partial charge in [-0.05, 0) is 43.2 Å². The molecular formula is C23H18ClN3O5S. The number of benzene rings is 2. The van der Waals surface area contributed by atoms with Crippen LogP contribution < -0.4 is 14.9 Å². The Morgan fingerprint density at radius 2 is 2.03 bits per heavy atom. The van der Waals surface area contributed by atoms with Gasteiger partial charge in [0.25, 0.3) is 11.2 Å². The minimum atomic E-state index is -0.746. The largest absolute Gasteiger partial charge is 0.463 e. The molecule has 1 aliphatic rings. The van der Waals surface area contributed by atoms with Crippen molar-refractivity contribution in [1.82, 2.24) is 4.57 Å². The molecule has 1 aromatic heterocycles. The number of allylic oxidation sites excluding steroid dienone is 1. The van der Waals surface area contributed by atoms with E-state index in [0.717, 1.165) is 11.3 Å². The number of nitro groups is 1. The number of esters is 1. The highest BCUT2D eigenvalue weighted by Crippen LogP contribution is 2.31. The molecule has 0 saturated carbocycles. The van der Waals surface area contributed by atoms with Crippen molar-refractivity contribution in [3.05, 3.63) is 106 Å². The summed E-state index contributed by atoms with van der Waals surface area (Å²) in [6, 6.07) is 12.1. The van der Waals surface area contributed by atoms with E-state index < -0.39 is 16.9 Å². The average Bonchev–Trinajstić information content (AvgIpc) is 3.08. The lowest BCUT2D eigenvalue weighted by molar-refractivity contribution is -0.384. The SMILES string of the molecule is CCOC(=O)C1=C(C)N=c2s/c(=C/c3cccc([N+](=O)[O-])c3)c(=O)n2[C@@H]1c1ccc(Cl)cc1. The van der Waals surface area contributed by atoms with Gasteiger partial charge in [0.2, 0.25) is 0 Å². The summed E-state index contributed by atoms with van der Waals surface area (Å²) in [4.78, 5) is 41.8. The number of fused-ring (bicyclic) bond motifs is 1. The van der Waals surface area contributed by atoms with E-state index in [1.807, 2.05) is 0 Å². The summed E-state index contributed by atoms with van der Waals surface area (Å²) in [5, 5.41) is 11.6. The van der Waals surface area contributed by atoms with Crippen molar-refractivity contribution in [2.24, 2.45) is 4.99 Å². The maximum absolute atomic E-state index is 13.5. The van der Waals surface area contributed by atoms with Crippen LogP contribution in [0.4, 0.5) is 5.69 Å². The van der Waals surface area contributed by atoms with Gasteiger partial charge < -0.3 is 4.74 Å². The molecule has 168 valence electrons. The second kappa shape index (κ2) is 9.13. The molecule has 1 aliphatic heterocycles. The fraction of sp³-hybridized carbons (Fsp3) is 0.174. The summed E-state index contributed by atoms with van der Waals surface area (Å²) in [7, 11) is 0. The van der Waals surface area contributed by atoms with E-state index in [0.29, 0.717) is 31.2 Å². The van der Waals surface area contributed by atoms with Crippen LogP contribution in [-0.4, -0.2) is 22.1 Å². The summed E-state index contributed by atoms with van der Waals surface area (Å²) in [5.74, 6) is -0.549. The molecule has 0 fully saturated rings. The first-order chi connectivity index (χ1) is 15.8. The molecule has 2 aromatic carbocycles. The number of carbonyl (C=O) groups excluding carboxylic acids is 1. The molecule has 0 spiro atoms. The van der Waals surface area contributed by atoms with Crippen LogP contribution in [0.3, 0.4) is 0 Å². The Bertz CT molecular complexity index is 1470. The highest BCUT2D eigenvalue weighted by molar-refractivity contribution is 7.07. The predicted molar refractivity (Wildman–Crippen MR) is 125 cm³/mol. The summed E-state index contributed by atoms with van der Waals surface area (Å²) in [6.07, 6.45) is 1.58. The minimum Gasteiger partial charge on any atom is -0.463 e. The van der Waals surface area contributed by atoms with Crippen molar-refractivity contribution >= 4 is 40.7 Å². The van der Waals surface area contributed by atoms with Gasteiger partial charge >= 0.3 is 5.97 Å². The van der Waals surface area contributed by atoms with Gasteiger partial charge in [-0.3, -0.25) is 19.5 Å². The van der Waals surface area contributed by atoms with Gasteiger partial charge in [0.05, 0.1) is 33.4 Å². The van der Waals surface area contributed by atoms with Crippen LogP contribution in [0.2, 0.25) is 5.02 Å². The number of rotatable bonds is 5. The Morgan fingerprint density at radius 1 is 1.30 bits per heavy atom. The zero-order chi connectivity index (χ0) is 23.7. The number of halogens is 1. The summed E-state index contributed by atoms with van der Waals surface area (Å²) < 4.78 is 7.05. The molecule has 1 atom stereocenters. The second-order valence-electron chi connectivity index (χ2n) is 7.21. The van der Waals surface area contributed by atoms with Gasteiger partial charge in [-0.15, -0.1) is 0 Å². The fourth-order valence-corrected chi connectivity index (χ4v) is 4.80. The Kier molecular flexibility index (Phi) is 6.26. The normalized spacial score (nSPS) is 15.7. The number of carbonyl (C=O) groups is 1. The molecule has 0 aliphatic carbocycles. The minimum absolute atomic E-state index is 0.0731.